The molecule has 2 fully saturated rings. The smallest absolute Gasteiger partial charge is 0.273 e. The van der Waals surface area contributed by atoms with Crippen molar-refractivity contribution in [2.45, 2.75) is 31.7 Å². The summed E-state index contributed by atoms with van der Waals surface area (Å²) >= 11 is 1.44. The Morgan fingerprint density at radius 3 is 3.05 bits per heavy atom. The van der Waals surface area contributed by atoms with Crippen LogP contribution in [0, 0.1) is 5.92 Å². The van der Waals surface area contributed by atoms with Gasteiger partial charge in [0.25, 0.3) is 5.91 Å². The van der Waals surface area contributed by atoms with Crippen LogP contribution in [-0.2, 0) is 4.79 Å². The highest BCUT2D eigenvalue weighted by atomic mass is 32.1. The first-order chi connectivity index (χ1) is 10.7. The van der Waals surface area contributed by atoms with Gasteiger partial charge in [-0.15, -0.1) is 11.3 Å². The molecule has 2 amide bonds. The van der Waals surface area contributed by atoms with Crippen molar-refractivity contribution >= 4 is 23.2 Å². The fourth-order valence-corrected chi connectivity index (χ4v) is 3.70. The maximum atomic E-state index is 12.3. The van der Waals surface area contributed by atoms with E-state index in [-0.39, 0.29) is 17.9 Å². The van der Waals surface area contributed by atoms with Gasteiger partial charge in [0.05, 0.1) is 11.6 Å². The third kappa shape index (κ3) is 3.64. The Labute approximate surface area is 134 Å². The summed E-state index contributed by atoms with van der Waals surface area (Å²) in [7, 11) is 0. The highest BCUT2D eigenvalue weighted by Gasteiger charge is 2.27. The molecule has 2 aliphatic rings. The number of carbonyl (C=O) groups excluding carboxylic acids is 2. The second-order valence-electron chi connectivity index (χ2n) is 6.03. The van der Waals surface area contributed by atoms with Crippen molar-refractivity contribution in [3.05, 3.63) is 16.6 Å². The second-order valence-corrected chi connectivity index (χ2v) is 6.75. The van der Waals surface area contributed by atoms with Gasteiger partial charge in [-0.1, -0.05) is 0 Å². The summed E-state index contributed by atoms with van der Waals surface area (Å²) in [6, 6.07) is -0.0312. The SMILES string of the molecule is O=C(NCC1CCCN(C(=O)c2cscn2)C1)C1CCCN1. The van der Waals surface area contributed by atoms with Gasteiger partial charge in [-0.05, 0) is 38.1 Å². The van der Waals surface area contributed by atoms with Gasteiger partial charge < -0.3 is 15.5 Å². The largest absolute Gasteiger partial charge is 0.354 e. The van der Waals surface area contributed by atoms with Crippen molar-refractivity contribution in [1.29, 1.82) is 0 Å². The highest BCUT2D eigenvalue weighted by molar-refractivity contribution is 7.07. The van der Waals surface area contributed by atoms with Crippen molar-refractivity contribution in [1.82, 2.24) is 20.5 Å². The zero-order valence-electron chi connectivity index (χ0n) is 12.6. The summed E-state index contributed by atoms with van der Waals surface area (Å²) in [6.07, 6.45) is 4.03. The van der Waals surface area contributed by atoms with E-state index in [0.29, 0.717) is 24.7 Å². The number of amides is 2. The first kappa shape index (κ1) is 15.4. The Hall–Kier alpha value is -1.47. The van der Waals surface area contributed by atoms with E-state index in [1.807, 2.05) is 4.90 Å². The van der Waals surface area contributed by atoms with Gasteiger partial charge in [-0.25, -0.2) is 4.98 Å². The van der Waals surface area contributed by atoms with Gasteiger partial charge in [0, 0.05) is 25.0 Å². The number of hydrogen-bond donors (Lipinski definition) is 2. The molecule has 1 aromatic rings. The van der Waals surface area contributed by atoms with Crippen molar-refractivity contribution in [3.63, 3.8) is 0 Å². The molecule has 0 saturated carbocycles. The van der Waals surface area contributed by atoms with E-state index in [2.05, 4.69) is 15.6 Å². The molecule has 2 N–H and O–H groups in total. The Balaban J connectivity index is 1.48. The monoisotopic (exact) mass is 322 g/mol. The zero-order valence-corrected chi connectivity index (χ0v) is 13.4. The fraction of sp³-hybridized carbons (Fsp3) is 0.667. The third-order valence-electron chi connectivity index (χ3n) is 4.40. The van der Waals surface area contributed by atoms with E-state index in [9.17, 15) is 9.59 Å². The van der Waals surface area contributed by atoms with Gasteiger partial charge in [0.15, 0.2) is 0 Å². The molecule has 1 aromatic heterocycles. The molecule has 6 nitrogen and oxygen atoms in total. The van der Waals surface area contributed by atoms with Crippen molar-refractivity contribution in [3.8, 4) is 0 Å². The van der Waals surface area contributed by atoms with E-state index >= 15 is 0 Å². The number of carbonyl (C=O) groups is 2. The van der Waals surface area contributed by atoms with Crippen LogP contribution in [0.3, 0.4) is 0 Å². The molecule has 2 atom stereocenters. The molecule has 120 valence electrons. The Morgan fingerprint density at radius 1 is 1.41 bits per heavy atom. The number of piperidine rings is 1. The summed E-state index contributed by atoms with van der Waals surface area (Å²) in [4.78, 5) is 30.3. The predicted octanol–water partition coefficient (Wildman–Crippen LogP) is 0.863. The number of nitrogens with zero attached hydrogens (tertiary/aromatic N) is 2. The van der Waals surface area contributed by atoms with Crippen LogP contribution in [-0.4, -0.2) is 53.9 Å². The number of thiazole rings is 1. The standard InChI is InChI=1S/C15H22N4O2S/c20-14(12-4-1-5-16-12)17-7-11-3-2-6-19(8-11)15(21)13-9-22-10-18-13/h9-12,16H,1-8H2,(H,17,20). The molecule has 22 heavy (non-hydrogen) atoms. The van der Waals surface area contributed by atoms with Gasteiger partial charge in [0.2, 0.25) is 5.91 Å². The summed E-state index contributed by atoms with van der Waals surface area (Å²) in [5.74, 6) is 0.442. The molecule has 0 radical (unpaired) electrons. The number of likely N-dealkylation sites (tertiary alicyclic amines) is 1. The lowest BCUT2D eigenvalue weighted by molar-refractivity contribution is -0.123. The van der Waals surface area contributed by atoms with E-state index < -0.39 is 0 Å². The third-order valence-corrected chi connectivity index (χ3v) is 4.99. The molecule has 3 heterocycles. The van der Waals surface area contributed by atoms with Crippen molar-refractivity contribution in [2.75, 3.05) is 26.2 Å². The predicted molar refractivity (Wildman–Crippen MR) is 84.8 cm³/mol. The van der Waals surface area contributed by atoms with Crippen LogP contribution >= 0.6 is 11.3 Å². The van der Waals surface area contributed by atoms with Crippen LogP contribution in [0.25, 0.3) is 0 Å². The minimum Gasteiger partial charge on any atom is -0.354 e. The molecule has 0 aliphatic carbocycles. The first-order valence-electron chi connectivity index (χ1n) is 7.92. The maximum Gasteiger partial charge on any atom is 0.273 e. The van der Waals surface area contributed by atoms with E-state index in [1.54, 1.807) is 10.9 Å². The van der Waals surface area contributed by atoms with Crippen LogP contribution < -0.4 is 10.6 Å². The molecule has 0 spiro atoms. The highest BCUT2D eigenvalue weighted by Crippen LogP contribution is 2.18. The number of nitrogens with one attached hydrogen (secondary N) is 2. The fourth-order valence-electron chi connectivity index (χ4n) is 3.17. The van der Waals surface area contributed by atoms with Crippen LogP contribution in [0.1, 0.15) is 36.2 Å². The minimum atomic E-state index is -0.0312. The number of aromatic nitrogens is 1. The lowest BCUT2D eigenvalue weighted by atomic mass is 9.97. The lowest BCUT2D eigenvalue weighted by Gasteiger charge is -2.32. The van der Waals surface area contributed by atoms with Crippen LogP contribution in [0.2, 0.25) is 0 Å². The second kappa shape index (κ2) is 7.19. The Morgan fingerprint density at radius 2 is 2.32 bits per heavy atom. The van der Waals surface area contributed by atoms with Crippen LogP contribution in [0.4, 0.5) is 0 Å². The summed E-state index contributed by atoms with van der Waals surface area (Å²) < 4.78 is 0. The summed E-state index contributed by atoms with van der Waals surface area (Å²) in [5.41, 5.74) is 2.22. The van der Waals surface area contributed by atoms with Crippen molar-refractivity contribution in [2.24, 2.45) is 5.92 Å². The number of rotatable bonds is 4. The number of hydrogen-bond acceptors (Lipinski definition) is 5. The molecule has 0 bridgehead atoms. The molecule has 2 saturated heterocycles. The Kier molecular flexibility index (Phi) is 5.04. The molecular weight excluding hydrogens is 300 g/mol. The topological polar surface area (TPSA) is 74.3 Å². The average molecular weight is 322 g/mol. The Bertz CT molecular complexity index is 514. The van der Waals surface area contributed by atoms with E-state index in [1.165, 1.54) is 11.3 Å². The molecular formula is C15H22N4O2S. The summed E-state index contributed by atoms with van der Waals surface area (Å²) in [6.45, 7) is 3.06. The average Bonchev–Trinajstić information content (AvgIpc) is 3.25. The van der Waals surface area contributed by atoms with Crippen LogP contribution in [0.5, 0.6) is 0 Å². The van der Waals surface area contributed by atoms with Gasteiger partial charge in [-0.2, -0.15) is 0 Å². The van der Waals surface area contributed by atoms with E-state index in [4.69, 9.17) is 0 Å². The normalized spacial score (nSPS) is 25.2. The molecule has 7 heteroatoms. The molecule has 2 unspecified atom stereocenters. The quantitative estimate of drug-likeness (QED) is 0.862. The van der Waals surface area contributed by atoms with E-state index in [0.717, 1.165) is 38.8 Å². The minimum absolute atomic E-state index is 0.00901. The lowest BCUT2D eigenvalue weighted by Crippen LogP contribution is -2.46. The van der Waals surface area contributed by atoms with Gasteiger partial charge in [-0.3, -0.25) is 9.59 Å². The first-order valence-corrected chi connectivity index (χ1v) is 8.87. The maximum absolute atomic E-state index is 12.3. The van der Waals surface area contributed by atoms with Crippen molar-refractivity contribution < 1.29 is 9.59 Å². The van der Waals surface area contributed by atoms with Gasteiger partial charge >= 0.3 is 0 Å². The van der Waals surface area contributed by atoms with Gasteiger partial charge in [0.1, 0.15) is 5.69 Å². The van der Waals surface area contributed by atoms with Crippen LogP contribution in [0.15, 0.2) is 10.9 Å². The molecule has 3 rings (SSSR count). The zero-order chi connectivity index (χ0) is 15.4. The summed E-state index contributed by atoms with van der Waals surface area (Å²) in [5, 5.41) is 8.03. The molecule has 2 aliphatic heterocycles. The molecule has 0 aromatic carbocycles.